The molecule has 1 aliphatic rings. The van der Waals surface area contributed by atoms with Crippen molar-refractivity contribution in [2.75, 3.05) is 0 Å². The van der Waals surface area contributed by atoms with Crippen molar-refractivity contribution in [2.45, 2.75) is 73.4 Å². The summed E-state index contributed by atoms with van der Waals surface area (Å²) < 4.78 is 1.21. The zero-order chi connectivity index (χ0) is 20.0. The molecular formula is C22H34N4S. The second-order valence-electron chi connectivity index (χ2n) is 10.0. The van der Waals surface area contributed by atoms with Crippen LogP contribution in [0, 0.1) is 27.6 Å². The Kier molecular flexibility index (Phi) is 5.39. The maximum absolute atomic E-state index is 8.64. The summed E-state index contributed by atoms with van der Waals surface area (Å²) in [5, 5.41) is 20.7. The molecule has 4 N–H and O–H groups in total. The van der Waals surface area contributed by atoms with Crippen LogP contribution in [0.5, 0.6) is 0 Å². The number of fused-ring (bicyclic) bond motifs is 1. The van der Waals surface area contributed by atoms with Crippen LogP contribution in [0.2, 0.25) is 0 Å². The van der Waals surface area contributed by atoms with Crippen molar-refractivity contribution in [3.63, 3.8) is 0 Å². The fraction of sp³-hybridized carbons (Fsp3) is 0.636. The van der Waals surface area contributed by atoms with E-state index in [1.807, 2.05) is 0 Å². The highest BCUT2D eigenvalue weighted by Gasteiger charge is 2.34. The van der Waals surface area contributed by atoms with Crippen LogP contribution in [0.15, 0.2) is 12.1 Å². The molecule has 2 unspecified atom stereocenters. The number of H-pyrrole nitrogens is 1. The van der Waals surface area contributed by atoms with Crippen LogP contribution < -0.4 is 5.32 Å². The molecule has 0 amide bonds. The molecule has 0 aromatic carbocycles. The molecule has 148 valence electrons. The van der Waals surface area contributed by atoms with Crippen LogP contribution in [0.25, 0.3) is 10.2 Å². The minimum absolute atomic E-state index is 0.0282. The summed E-state index contributed by atoms with van der Waals surface area (Å²) in [5.41, 5.74) is 3.75. The average Bonchev–Trinajstić information content (AvgIpc) is 3.08. The number of aromatic amines is 1. The van der Waals surface area contributed by atoms with Gasteiger partial charge in [-0.2, -0.15) is 0 Å². The predicted molar refractivity (Wildman–Crippen MR) is 118 cm³/mol. The Bertz CT molecular complexity index is 818. The summed E-state index contributed by atoms with van der Waals surface area (Å²) >= 11 is 1.79. The van der Waals surface area contributed by atoms with Gasteiger partial charge < -0.3 is 21.1 Å². The molecule has 2 heterocycles. The lowest BCUT2D eigenvalue weighted by atomic mass is 9.70. The number of hydrogen-bond donors (Lipinski definition) is 4. The van der Waals surface area contributed by atoms with E-state index in [0.29, 0.717) is 11.8 Å². The van der Waals surface area contributed by atoms with Gasteiger partial charge in [0, 0.05) is 29.1 Å². The predicted octanol–water partition coefficient (Wildman–Crippen LogP) is 5.97. The van der Waals surface area contributed by atoms with E-state index in [1.54, 1.807) is 11.3 Å². The highest BCUT2D eigenvalue weighted by atomic mass is 32.1. The third-order valence-electron chi connectivity index (χ3n) is 6.08. The van der Waals surface area contributed by atoms with Crippen LogP contribution in [-0.2, 0) is 6.54 Å². The Morgan fingerprint density at radius 1 is 1.37 bits per heavy atom. The van der Waals surface area contributed by atoms with Gasteiger partial charge in [-0.05, 0) is 49.1 Å². The summed E-state index contributed by atoms with van der Waals surface area (Å²) in [6.45, 7) is 14.3. The van der Waals surface area contributed by atoms with E-state index in [1.165, 1.54) is 9.58 Å². The molecule has 0 radical (unpaired) electrons. The molecule has 0 aliphatic heterocycles. The monoisotopic (exact) mass is 386 g/mol. The van der Waals surface area contributed by atoms with E-state index in [9.17, 15) is 0 Å². The Labute approximate surface area is 167 Å². The summed E-state index contributed by atoms with van der Waals surface area (Å²) in [6, 6.07) is 4.75. The SMILES string of the molecule is CC(NCc1cc2[nH]c(C(=N)C3CCC(C)(C)CC3=N)cc2s1)C(C)(C)C. The molecule has 0 bridgehead atoms. The molecule has 2 atom stereocenters. The van der Waals surface area contributed by atoms with Gasteiger partial charge in [-0.3, -0.25) is 0 Å². The van der Waals surface area contributed by atoms with E-state index in [2.05, 4.69) is 64.0 Å². The normalized spacial score (nSPS) is 21.6. The van der Waals surface area contributed by atoms with Gasteiger partial charge in [0.2, 0.25) is 0 Å². The maximum Gasteiger partial charge on any atom is 0.0635 e. The highest BCUT2D eigenvalue weighted by molar-refractivity contribution is 7.19. The first-order valence-electron chi connectivity index (χ1n) is 9.97. The number of nitrogens with one attached hydrogen (secondary N) is 4. The van der Waals surface area contributed by atoms with Gasteiger partial charge in [0.15, 0.2) is 0 Å². The Balaban J connectivity index is 1.68. The fourth-order valence-corrected chi connectivity index (χ4v) is 4.72. The zero-order valence-corrected chi connectivity index (χ0v) is 18.4. The lowest BCUT2D eigenvalue weighted by Crippen LogP contribution is -2.36. The summed E-state index contributed by atoms with van der Waals surface area (Å²) in [6.07, 6.45) is 2.80. The van der Waals surface area contributed by atoms with Crippen molar-refractivity contribution in [3.8, 4) is 0 Å². The molecule has 0 spiro atoms. The highest BCUT2D eigenvalue weighted by Crippen LogP contribution is 2.38. The van der Waals surface area contributed by atoms with Crippen LogP contribution >= 0.6 is 11.3 Å². The number of hydrogen-bond acceptors (Lipinski definition) is 4. The van der Waals surface area contributed by atoms with Gasteiger partial charge >= 0.3 is 0 Å². The van der Waals surface area contributed by atoms with Gasteiger partial charge in [0.1, 0.15) is 0 Å². The molecule has 3 rings (SSSR count). The summed E-state index contributed by atoms with van der Waals surface area (Å²) in [4.78, 5) is 4.75. The summed E-state index contributed by atoms with van der Waals surface area (Å²) in [5.74, 6) is -0.0282. The Morgan fingerprint density at radius 3 is 2.67 bits per heavy atom. The first kappa shape index (κ1) is 20.3. The number of aromatic nitrogens is 1. The molecule has 2 aromatic rings. The van der Waals surface area contributed by atoms with E-state index in [4.69, 9.17) is 10.8 Å². The van der Waals surface area contributed by atoms with Crippen molar-refractivity contribution >= 4 is 33.0 Å². The van der Waals surface area contributed by atoms with E-state index < -0.39 is 0 Å². The van der Waals surface area contributed by atoms with Crippen LogP contribution in [0.1, 0.15) is 71.4 Å². The van der Waals surface area contributed by atoms with Crippen molar-refractivity contribution < 1.29 is 0 Å². The third-order valence-corrected chi connectivity index (χ3v) is 7.16. The second-order valence-corrected chi connectivity index (χ2v) is 11.2. The zero-order valence-electron chi connectivity index (χ0n) is 17.5. The first-order chi connectivity index (χ1) is 12.5. The van der Waals surface area contributed by atoms with Gasteiger partial charge in [-0.25, -0.2) is 0 Å². The molecule has 1 aliphatic carbocycles. The molecular weight excluding hydrogens is 352 g/mol. The molecule has 0 saturated heterocycles. The van der Waals surface area contributed by atoms with E-state index >= 15 is 0 Å². The quantitative estimate of drug-likeness (QED) is 0.470. The molecule has 5 heteroatoms. The lowest BCUT2D eigenvalue weighted by molar-refractivity contribution is 0.286. The Hall–Kier alpha value is -1.46. The van der Waals surface area contributed by atoms with Crippen molar-refractivity contribution in [2.24, 2.45) is 16.7 Å². The maximum atomic E-state index is 8.64. The molecule has 27 heavy (non-hydrogen) atoms. The first-order valence-corrected chi connectivity index (χ1v) is 10.8. The van der Waals surface area contributed by atoms with E-state index in [-0.39, 0.29) is 16.7 Å². The van der Waals surface area contributed by atoms with Crippen molar-refractivity contribution in [3.05, 3.63) is 22.7 Å². The third kappa shape index (κ3) is 4.52. The van der Waals surface area contributed by atoms with Crippen molar-refractivity contribution in [1.29, 1.82) is 10.8 Å². The number of thiophene rings is 1. The van der Waals surface area contributed by atoms with E-state index in [0.717, 1.165) is 42.7 Å². The fourth-order valence-electron chi connectivity index (χ4n) is 3.71. The average molecular weight is 387 g/mol. The second kappa shape index (κ2) is 7.17. The lowest BCUT2D eigenvalue weighted by Gasteiger charge is -2.35. The standard InChI is InChI=1S/C22H34N4S/c1-13(21(2,3)4)25-12-14-9-17-19(27-14)10-18(26-17)20(24)15-7-8-22(5,6)11-16(15)23/h9-10,13,15,23-26H,7-8,11-12H2,1-6H3. The minimum atomic E-state index is -0.0282. The molecule has 1 fully saturated rings. The molecule has 1 saturated carbocycles. The van der Waals surface area contributed by atoms with Crippen LogP contribution in [0.3, 0.4) is 0 Å². The van der Waals surface area contributed by atoms with Crippen LogP contribution in [-0.4, -0.2) is 22.4 Å². The largest absolute Gasteiger partial charge is 0.353 e. The van der Waals surface area contributed by atoms with Crippen molar-refractivity contribution in [1.82, 2.24) is 10.3 Å². The topological polar surface area (TPSA) is 75.5 Å². The van der Waals surface area contributed by atoms with Crippen LogP contribution in [0.4, 0.5) is 0 Å². The van der Waals surface area contributed by atoms with Gasteiger partial charge in [0.05, 0.1) is 21.6 Å². The van der Waals surface area contributed by atoms with Gasteiger partial charge in [-0.15, -0.1) is 11.3 Å². The smallest absolute Gasteiger partial charge is 0.0635 e. The van der Waals surface area contributed by atoms with Gasteiger partial charge in [0.25, 0.3) is 0 Å². The Morgan fingerprint density at radius 2 is 2.07 bits per heavy atom. The summed E-state index contributed by atoms with van der Waals surface area (Å²) in [7, 11) is 0. The number of rotatable bonds is 5. The van der Waals surface area contributed by atoms with Gasteiger partial charge in [-0.1, -0.05) is 34.6 Å². The minimum Gasteiger partial charge on any atom is -0.353 e. The molecule has 2 aromatic heterocycles. The molecule has 4 nitrogen and oxygen atoms in total.